The van der Waals surface area contributed by atoms with Crippen LogP contribution in [0.5, 0.6) is 11.9 Å². The largest absolute Gasteiger partial charge is 0.475 e. The van der Waals surface area contributed by atoms with Crippen molar-refractivity contribution in [1.82, 2.24) is 35.0 Å². The number of ether oxygens (including phenoxy) is 2. The minimum Gasteiger partial charge on any atom is -0.475 e. The fourth-order valence-electron chi connectivity index (χ4n) is 8.10. The van der Waals surface area contributed by atoms with E-state index in [0.717, 1.165) is 13.0 Å². The van der Waals surface area contributed by atoms with Gasteiger partial charge in [0.05, 0.1) is 34.9 Å². The molecular weight excluding hydrogens is 661 g/mol. The first-order chi connectivity index (χ1) is 23.9. The number of nitrogens with two attached hydrogens (primary N) is 1. The number of nitrogens with zero attached hydrogens (tertiary/aromatic N) is 7. The second-order valence-corrected chi connectivity index (χ2v) is 13.5. The Balaban J connectivity index is 1.37. The SMILES string of the molecule is Cc1cc2[nH]ncc2c(-c2nc3c4c(nc(OC[C@@]56CCCN5C[C@H](F)C6)nc4c2F)N(C(C)c2cccnc2N)[C@@H](C)CO3)c1C(F)(F)F. The van der Waals surface area contributed by atoms with Crippen molar-refractivity contribution in [3.8, 4) is 23.1 Å². The lowest BCUT2D eigenvalue weighted by Gasteiger charge is -2.35. The Bertz CT molecular complexity index is 2140. The fraction of sp³-hybridized carbons (Fsp3) is 0.441. The van der Waals surface area contributed by atoms with Gasteiger partial charge in [-0.1, -0.05) is 6.07 Å². The van der Waals surface area contributed by atoms with Crippen molar-refractivity contribution in [3.05, 3.63) is 53.1 Å². The number of aromatic nitrogens is 6. The van der Waals surface area contributed by atoms with Gasteiger partial charge in [0.1, 0.15) is 47.6 Å². The molecule has 2 fully saturated rings. The van der Waals surface area contributed by atoms with Crippen molar-refractivity contribution in [2.45, 2.75) is 70.0 Å². The summed E-state index contributed by atoms with van der Waals surface area (Å²) in [5.74, 6) is -0.776. The number of halogens is 5. The predicted molar refractivity (Wildman–Crippen MR) is 175 cm³/mol. The summed E-state index contributed by atoms with van der Waals surface area (Å²) in [6, 6.07) is 3.76. The lowest BCUT2D eigenvalue weighted by molar-refractivity contribution is -0.137. The van der Waals surface area contributed by atoms with Crippen molar-refractivity contribution in [1.29, 1.82) is 0 Å². The average Bonchev–Trinajstić information content (AvgIpc) is 3.74. The van der Waals surface area contributed by atoms with Crippen LogP contribution in [0.1, 0.15) is 55.8 Å². The summed E-state index contributed by atoms with van der Waals surface area (Å²) in [5.41, 5.74) is 4.03. The fourth-order valence-corrected chi connectivity index (χ4v) is 8.10. The molecule has 0 bridgehead atoms. The molecule has 4 aromatic heterocycles. The molecule has 3 aliphatic heterocycles. The molecule has 5 aromatic rings. The van der Waals surface area contributed by atoms with Gasteiger partial charge in [-0.25, -0.2) is 18.7 Å². The van der Waals surface area contributed by atoms with Crippen molar-refractivity contribution in [2.24, 2.45) is 0 Å². The number of nitrogens with one attached hydrogen (secondary N) is 1. The molecule has 0 spiro atoms. The number of aryl methyl sites for hydroxylation is 1. The van der Waals surface area contributed by atoms with E-state index in [9.17, 15) is 17.6 Å². The smallest absolute Gasteiger partial charge is 0.417 e. The van der Waals surface area contributed by atoms with Gasteiger partial charge in [0, 0.05) is 35.7 Å². The van der Waals surface area contributed by atoms with E-state index >= 15 is 4.39 Å². The van der Waals surface area contributed by atoms with Crippen LogP contribution in [0.15, 0.2) is 30.6 Å². The maximum absolute atomic E-state index is 17.2. The van der Waals surface area contributed by atoms with E-state index in [-0.39, 0.29) is 70.5 Å². The highest BCUT2D eigenvalue weighted by Gasteiger charge is 2.49. The number of pyridine rings is 2. The molecule has 16 heteroatoms. The first kappa shape index (κ1) is 32.4. The van der Waals surface area contributed by atoms with Crippen LogP contribution < -0.4 is 20.1 Å². The molecule has 11 nitrogen and oxygen atoms in total. The van der Waals surface area contributed by atoms with Gasteiger partial charge in [0.15, 0.2) is 5.82 Å². The van der Waals surface area contributed by atoms with E-state index in [4.69, 9.17) is 20.2 Å². The van der Waals surface area contributed by atoms with Crippen LogP contribution in [0.3, 0.4) is 0 Å². The maximum atomic E-state index is 17.2. The molecule has 0 saturated carbocycles. The first-order valence-corrected chi connectivity index (χ1v) is 16.4. The van der Waals surface area contributed by atoms with Crippen molar-refractivity contribution in [2.75, 3.05) is 36.9 Å². The van der Waals surface area contributed by atoms with Crippen LogP contribution in [-0.4, -0.2) is 79.1 Å². The van der Waals surface area contributed by atoms with Gasteiger partial charge in [-0.3, -0.25) is 10.00 Å². The van der Waals surface area contributed by atoms with E-state index in [1.54, 1.807) is 12.3 Å². The van der Waals surface area contributed by atoms with Crippen LogP contribution in [0.2, 0.25) is 0 Å². The molecule has 0 radical (unpaired) electrons. The minimum absolute atomic E-state index is 0.0151. The molecule has 50 heavy (non-hydrogen) atoms. The number of H-pyrrole nitrogens is 1. The Morgan fingerprint density at radius 2 is 2.06 bits per heavy atom. The topological polar surface area (TPSA) is 131 Å². The van der Waals surface area contributed by atoms with Gasteiger partial charge in [0.2, 0.25) is 5.88 Å². The summed E-state index contributed by atoms with van der Waals surface area (Å²) in [6.07, 6.45) is -1.23. The Morgan fingerprint density at radius 3 is 2.84 bits per heavy atom. The van der Waals surface area contributed by atoms with E-state index in [1.807, 2.05) is 24.8 Å². The molecule has 1 aromatic carbocycles. The zero-order chi connectivity index (χ0) is 35.1. The number of benzene rings is 1. The van der Waals surface area contributed by atoms with Gasteiger partial charge < -0.3 is 20.1 Å². The number of aromatic amines is 1. The molecule has 4 atom stereocenters. The van der Waals surface area contributed by atoms with Gasteiger partial charge >= 0.3 is 12.2 Å². The number of anilines is 2. The number of rotatable bonds is 6. The quantitative estimate of drug-likeness (QED) is 0.195. The maximum Gasteiger partial charge on any atom is 0.417 e. The number of hydrogen-bond acceptors (Lipinski definition) is 10. The van der Waals surface area contributed by atoms with Gasteiger partial charge in [-0.15, -0.1) is 0 Å². The van der Waals surface area contributed by atoms with E-state index in [0.29, 0.717) is 18.5 Å². The van der Waals surface area contributed by atoms with Gasteiger partial charge in [0.25, 0.3) is 0 Å². The van der Waals surface area contributed by atoms with Crippen LogP contribution in [-0.2, 0) is 6.18 Å². The molecule has 1 unspecified atom stereocenters. The minimum atomic E-state index is -4.86. The summed E-state index contributed by atoms with van der Waals surface area (Å²) in [7, 11) is 0. The third-order valence-corrected chi connectivity index (χ3v) is 10.3. The third-order valence-electron chi connectivity index (χ3n) is 10.3. The highest BCUT2D eigenvalue weighted by Crippen LogP contribution is 2.48. The van der Waals surface area contributed by atoms with E-state index < -0.39 is 52.6 Å². The molecule has 262 valence electrons. The highest BCUT2D eigenvalue weighted by atomic mass is 19.4. The van der Waals surface area contributed by atoms with Gasteiger partial charge in [-0.05, 0) is 57.9 Å². The number of nitrogen functional groups attached to an aromatic ring is 1. The normalized spacial score (nSPS) is 22.9. The highest BCUT2D eigenvalue weighted by molar-refractivity contribution is 6.02. The number of hydrogen-bond donors (Lipinski definition) is 2. The molecular formula is C34H34F5N9O2. The average molecular weight is 696 g/mol. The molecule has 3 N–H and O–H groups in total. The summed E-state index contributed by atoms with van der Waals surface area (Å²) < 4.78 is 88.3. The summed E-state index contributed by atoms with van der Waals surface area (Å²) >= 11 is 0. The van der Waals surface area contributed by atoms with Crippen LogP contribution in [0, 0.1) is 12.7 Å². The molecule has 8 rings (SSSR count). The lowest BCUT2D eigenvalue weighted by atomic mass is 9.94. The molecule has 3 aliphatic rings. The molecule has 0 amide bonds. The van der Waals surface area contributed by atoms with Crippen LogP contribution in [0.25, 0.3) is 33.1 Å². The Morgan fingerprint density at radius 1 is 1.24 bits per heavy atom. The third kappa shape index (κ3) is 5.05. The summed E-state index contributed by atoms with van der Waals surface area (Å²) in [6.45, 7) is 6.14. The predicted octanol–water partition coefficient (Wildman–Crippen LogP) is 6.32. The second kappa shape index (κ2) is 11.6. The molecule has 7 heterocycles. The first-order valence-electron chi connectivity index (χ1n) is 16.4. The zero-order valence-electron chi connectivity index (χ0n) is 27.5. The number of fused-ring (bicyclic) bond motifs is 2. The van der Waals surface area contributed by atoms with Crippen LogP contribution >= 0.6 is 0 Å². The molecule has 0 aliphatic carbocycles. The lowest BCUT2D eigenvalue weighted by Crippen LogP contribution is -2.43. The summed E-state index contributed by atoms with van der Waals surface area (Å²) in [4.78, 5) is 21.9. The van der Waals surface area contributed by atoms with Gasteiger partial charge in [-0.2, -0.15) is 28.2 Å². The van der Waals surface area contributed by atoms with E-state index in [1.165, 1.54) is 19.2 Å². The monoisotopic (exact) mass is 695 g/mol. The Kier molecular flexibility index (Phi) is 7.51. The Labute approximate surface area is 283 Å². The molecule has 2 saturated heterocycles. The van der Waals surface area contributed by atoms with Crippen molar-refractivity contribution in [3.63, 3.8) is 0 Å². The zero-order valence-corrected chi connectivity index (χ0v) is 27.5. The van der Waals surface area contributed by atoms with Crippen LogP contribution in [0.4, 0.5) is 33.6 Å². The van der Waals surface area contributed by atoms with Crippen molar-refractivity contribution >= 4 is 33.4 Å². The second-order valence-electron chi connectivity index (χ2n) is 13.5. The Hall–Kier alpha value is -4.86. The number of alkyl halides is 4. The van der Waals surface area contributed by atoms with E-state index in [2.05, 4.69) is 30.0 Å². The summed E-state index contributed by atoms with van der Waals surface area (Å²) in [5, 5.41) is 6.71. The standard InChI is InChI=1S/C34H34F5N9O2/c1-16-10-22-21(12-42-46-22)23(25(16)34(37,38)39)27-26(36)28-24-30(45-32(44-28)50-15-33-7-5-9-47(33)13-19(35)11-33)48(17(2)14-49-31(24)43-27)18(3)20-6-4-8-41-29(20)40/h4,6,8,10,12,17-19H,5,7,9,11,13-15H2,1-3H3,(H2,40,41)(H,42,46)/t17-,18?,19+,33-/m0/s1. The van der Waals surface area contributed by atoms with Crippen molar-refractivity contribution < 1.29 is 31.4 Å².